The molecule has 0 saturated heterocycles. The normalized spacial score (nSPS) is 35.7. The van der Waals surface area contributed by atoms with Gasteiger partial charge in [0, 0.05) is 0 Å². The smallest absolute Gasteiger partial charge is 0.432 e. The van der Waals surface area contributed by atoms with Crippen LogP contribution in [0.5, 0.6) is 0 Å². The lowest BCUT2D eigenvalue weighted by molar-refractivity contribution is -0.434. The van der Waals surface area contributed by atoms with E-state index in [0.717, 1.165) is 32.1 Å². The zero-order chi connectivity index (χ0) is 18.4. The number of carbonyl (C=O) groups is 1. The Labute approximate surface area is 144 Å². The summed E-state index contributed by atoms with van der Waals surface area (Å²) >= 11 is -1.07. The maximum atomic E-state index is 13.7. The second kappa shape index (κ2) is 6.82. The van der Waals surface area contributed by atoms with Gasteiger partial charge in [-0.05, 0) is 55.8 Å². The van der Waals surface area contributed by atoms with Crippen LogP contribution in [0.25, 0.3) is 0 Å². The van der Waals surface area contributed by atoms with Crippen molar-refractivity contribution in [3.8, 4) is 0 Å². The molecule has 0 aromatic carbocycles. The zero-order valence-electron chi connectivity index (χ0n) is 12.9. The number of rotatable bonds is 6. The van der Waals surface area contributed by atoms with Crippen molar-refractivity contribution >= 4 is 18.0 Å². The highest BCUT2D eigenvalue weighted by molar-refractivity contribution is 7.95. The van der Waals surface area contributed by atoms with Gasteiger partial charge in [0.1, 0.15) is 12.0 Å². The number of alkyl halides is 5. The van der Waals surface area contributed by atoms with Crippen LogP contribution in [-0.4, -0.2) is 28.8 Å². The molecule has 11 heteroatoms. The Morgan fingerprint density at radius 1 is 1.00 bits per heavy atom. The summed E-state index contributed by atoms with van der Waals surface area (Å²) in [6, 6.07) is 0. The average Bonchev–Trinajstić information content (AvgIpc) is 2.48. The van der Waals surface area contributed by atoms with Gasteiger partial charge in [0.05, 0.1) is 5.92 Å². The van der Waals surface area contributed by atoms with Crippen molar-refractivity contribution in [1.29, 1.82) is 0 Å². The second-order valence-electron chi connectivity index (χ2n) is 7.10. The first-order valence-electron chi connectivity index (χ1n) is 7.92. The molecule has 5 nitrogen and oxygen atoms in total. The maximum Gasteiger partial charge on any atom is 0.432 e. The van der Waals surface area contributed by atoms with E-state index in [-0.39, 0.29) is 11.8 Å². The first kappa shape index (κ1) is 19.1. The van der Waals surface area contributed by atoms with E-state index < -0.39 is 41.5 Å². The van der Waals surface area contributed by atoms with Gasteiger partial charge in [-0.25, -0.2) is 5.26 Å². The Hall–Kier alpha value is -0.650. The van der Waals surface area contributed by atoms with Crippen LogP contribution in [0.4, 0.5) is 22.0 Å². The molecule has 4 saturated carbocycles. The predicted molar refractivity (Wildman–Crippen MR) is 73.8 cm³/mol. The maximum absolute atomic E-state index is 13.7. The Kier molecular flexibility index (Phi) is 5.22. The van der Waals surface area contributed by atoms with Crippen LogP contribution in [0.15, 0.2) is 0 Å². The second-order valence-corrected chi connectivity index (χ2v) is 7.95. The van der Waals surface area contributed by atoms with Crippen molar-refractivity contribution < 1.29 is 46.1 Å². The molecule has 1 atom stereocenters. The first-order chi connectivity index (χ1) is 11.6. The summed E-state index contributed by atoms with van der Waals surface area (Å²) in [5.41, 5.74) is 0. The fraction of sp³-hybridized carbons (Fsp3) is 0.929. The Morgan fingerprint density at radius 2 is 1.52 bits per heavy atom. The molecular formula is C14H17F5O5S. The number of halogens is 5. The van der Waals surface area contributed by atoms with Gasteiger partial charge < -0.3 is 4.74 Å². The molecule has 0 aliphatic heterocycles. The molecule has 144 valence electrons. The molecule has 4 aliphatic carbocycles. The number of carbonyl (C=O) groups excluding carboxylic acids is 1. The zero-order valence-corrected chi connectivity index (χ0v) is 13.7. The summed E-state index contributed by atoms with van der Waals surface area (Å²) in [7, 11) is 0. The van der Waals surface area contributed by atoms with Gasteiger partial charge >= 0.3 is 17.4 Å². The molecule has 1 unspecified atom stereocenters. The van der Waals surface area contributed by atoms with E-state index in [2.05, 4.69) is 14.1 Å². The molecule has 0 spiro atoms. The van der Waals surface area contributed by atoms with Gasteiger partial charge in [0.15, 0.2) is 0 Å². The monoisotopic (exact) mass is 392 g/mol. The van der Waals surface area contributed by atoms with E-state index in [1.54, 1.807) is 0 Å². The minimum atomic E-state index is -5.50. The Bertz CT molecular complexity index is 486. The first-order valence-corrected chi connectivity index (χ1v) is 8.67. The quantitative estimate of drug-likeness (QED) is 0.240. The van der Waals surface area contributed by atoms with Crippen molar-refractivity contribution in [1.82, 2.24) is 0 Å². The van der Waals surface area contributed by atoms with Crippen LogP contribution >= 0.6 is 12.0 Å². The summed E-state index contributed by atoms with van der Waals surface area (Å²) in [4.78, 5) is 12.3. The molecule has 1 N–H and O–H groups in total. The van der Waals surface area contributed by atoms with Crippen LogP contribution in [0, 0.1) is 29.6 Å². The summed E-state index contributed by atoms with van der Waals surface area (Å²) < 4.78 is 74.1. The predicted octanol–water partition coefficient (Wildman–Crippen LogP) is 4.20. The van der Waals surface area contributed by atoms with Crippen molar-refractivity contribution in [2.45, 2.75) is 49.6 Å². The summed E-state index contributed by atoms with van der Waals surface area (Å²) in [5.74, 6) is -1.27. The lowest BCUT2D eigenvalue weighted by Gasteiger charge is -2.53. The molecular weight excluding hydrogens is 375 g/mol. The Balaban J connectivity index is 1.72. The van der Waals surface area contributed by atoms with E-state index in [4.69, 9.17) is 5.26 Å². The summed E-state index contributed by atoms with van der Waals surface area (Å²) in [6.07, 6.45) is -5.19. The fourth-order valence-electron chi connectivity index (χ4n) is 4.93. The largest absolute Gasteiger partial charge is 0.445 e. The fourth-order valence-corrected chi connectivity index (χ4v) is 5.33. The van der Waals surface area contributed by atoms with Gasteiger partial charge in [-0.2, -0.15) is 22.0 Å². The lowest BCUT2D eigenvalue weighted by Crippen LogP contribution is -2.52. The number of ether oxygens (including phenoxy) is 1. The SMILES string of the molecule is O=C(OC(C(F)(F)F)C(F)(F)SOOO)C1C2CC3CC(C2)CC1C3. The molecule has 0 aromatic rings. The molecule has 0 aromatic heterocycles. The molecule has 4 rings (SSSR count). The van der Waals surface area contributed by atoms with Crippen molar-refractivity contribution in [2.24, 2.45) is 29.6 Å². The summed E-state index contributed by atoms with van der Waals surface area (Å²) in [5, 5.41) is 6.11. The van der Waals surface area contributed by atoms with Crippen molar-refractivity contribution in [3.05, 3.63) is 0 Å². The van der Waals surface area contributed by atoms with Crippen LogP contribution in [0.1, 0.15) is 32.1 Å². The molecule has 0 amide bonds. The number of hydrogen-bond acceptors (Lipinski definition) is 6. The number of esters is 1. The van der Waals surface area contributed by atoms with Gasteiger partial charge in [-0.15, -0.1) is 4.33 Å². The highest BCUT2D eigenvalue weighted by Crippen LogP contribution is 2.57. The van der Waals surface area contributed by atoms with Crippen LogP contribution < -0.4 is 0 Å². The highest BCUT2D eigenvalue weighted by atomic mass is 32.2. The van der Waals surface area contributed by atoms with Crippen LogP contribution in [0.2, 0.25) is 0 Å². The lowest BCUT2D eigenvalue weighted by atomic mass is 9.52. The van der Waals surface area contributed by atoms with Crippen molar-refractivity contribution in [3.63, 3.8) is 0 Å². The van der Waals surface area contributed by atoms with E-state index in [9.17, 15) is 26.7 Å². The topological polar surface area (TPSA) is 65.0 Å². The molecule has 25 heavy (non-hydrogen) atoms. The van der Waals surface area contributed by atoms with E-state index in [0.29, 0.717) is 11.8 Å². The molecule has 0 heterocycles. The van der Waals surface area contributed by atoms with E-state index >= 15 is 0 Å². The molecule has 4 bridgehead atoms. The summed E-state index contributed by atoms with van der Waals surface area (Å²) in [6.45, 7) is 0. The third-order valence-electron chi connectivity index (χ3n) is 5.51. The van der Waals surface area contributed by atoms with Gasteiger partial charge in [-0.1, -0.05) is 5.04 Å². The molecule has 4 aliphatic rings. The third-order valence-corrected chi connectivity index (χ3v) is 6.08. The molecule has 4 fully saturated rings. The van der Waals surface area contributed by atoms with Gasteiger partial charge in [0.25, 0.3) is 6.10 Å². The standard InChI is InChI=1S/C14H17F5O5S/c15-13(16,17)12(14(18,19)25-24-23-21)22-11(20)10-8-2-6-1-7(4-8)5-9(10)3-6/h6-10,12,21H,1-5H2. The number of hydrogen-bond donors (Lipinski definition) is 1. The van der Waals surface area contributed by atoms with Crippen molar-refractivity contribution in [2.75, 3.05) is 0 Å². The van der Waals surface area contributed by atoms with E-state index in [1.807, 2.05) is 0 Å². The van der Waals surface area contributed by atoms with E-state index in [1.165, 1.54) is 0 Å². The molecule has 0 radical (unpaired) electrons. The Morgan fingerprint density at radius 3 is 1.96 bits per heavy atom. The average molecular weight is 392 g/mol. The minimum absolute atomic E-state index is 0.101. The van der Waals surface area contributed by atoms with Crippen LogP contribution in [-0.2, 0) is 18.9 Å². The highest BCUT2D eigenvalue weighted by Gasteiger charge is 2.62. The van der Waals surface area contributed by atoms with Crippen LogP contribution in [0.3, 0.4) is 0 Å². The minimum Gasteiger partial charge on any atom is -0.445 e. The van der Waals surface area contributed by atoms with Gasteiger partial charge in [0.2, 0.25) is 0 Å². The van der Waals surface area contributed by atoms with Gasteiger partial charge in [-0.3, -0.25) is 4.79 Å². The third kappa shape index (κ3) is 3.88.